The van der Waals surface area contributed by atoms with Gasteiger partial charge in [0.25, 0.3) is 0 Å². The van der Waals surface area contributed by atoms with E-state index in [1.165, 1.54) is 23.9 Å². The van der Waals surface area contributed by atoms with Crippen LogP contribution in [-0.2, 0) is 6.42 Å². The fourth-order valence-corrected chi connectivity index (χ4v) is 3.39. The molecule has 7 heteroatoms. The molecule has 0 fully saturated rings. The first-order valence-electron chi connectivity index (χ1n) is 10.8. The molecule has 0 aromatic heterocycles. The molecule has 0 aliphatic rings. The highest BCUT2D eigenvalue weighted by Gasteiger charge is 2.12. The minimum absolute atomic E-state index is 0.0993. The number of fused-ring (bicyclic) bond motifs is 1. The SMILES string of the molecule is Cc1ccc(CCN(O)Oc2ccc(ON([O-])/C=C/c3ccc([O-])cc3)c3ccccc23)cc1. The lowest BCUT2D eigenvalue weighted by molar-refractivity contribution is -0.280. The third-order valence-electron chi connectivity index (χ3n) is 5.22. The first kappa shape index (κ1) is 23.1. The summed E-state index contributed by atoms with van der Waals surface area (Å²) in [5, 5.41) is 36.2. The smallest absolute Gasteiger partial charge is 0.162 e. The Labute approximate surface area is 197 Å². The molecule has 0 heterocycles. The zero-order valence-electron chi connectivity index (χ0n) is 18.6. The number of nitrogens with zero attached hydrogens (tertiary/aromatic N) is 2. The molecule has 0 unspecified atom stereocenters. The second-order valence-electron chi connectivity index (χ2n) is 7.77. The molecule has 4 aromatic rings. The van der Waals surface area contributed by atoms with Crippen molar-refractivity contribution < 1.29 is 20.0 Å². The molecule has 0 atom stereocenters. The second kappa shape index (κ2) is 10.7. The first-order valence-corrected chi connectivity index (χ1v) is 10.8. The largest absolute Gasteiger partial charge is 0.872 e. The predicted octanol–water partition coefficient (Wildman–Crippen LogP) is 5.21. The van der Waals surface area contributed by atoms with E-state index in [9.17, 15) is 15.5 Å². The maximum Gasteiger partial charge on any atom is 0.162 e. The summed E-state index contributed by atoms with van der Waals surface area (Å²) < 4.78 is 0. The van der Waals surface area contributed by atoms with Gasteiger partial charge in [-0.2, -0.15) is 0 Å². The first-order chi connectivity index (χ1) is 16.5. The highest BCUT2D eigenvalue weighted by atomic mass is 16.9. The fourth-order valence-electron chi connectivity index (χ4n) is 3.39. The van der Waals surface area contributed by atoms with Crippen LogP contribution in [0.5, 0.6) is 17.2 Å². The fraction of sp³-hybridized carbons (Fsp3) is 0.111. The van der Waals surface area contributed by atoms with Gasteiger partial charge in [0.15, 0.2) is 11.5 Å². The number of hydrogen-bond donors (Lipinski definition) is 1. The van der Waals surface area contributed by atoms with E-state index in [-0.39, 0.29) is 12.3 Å². The van der Waals surface area contributed by atoms with Crippen LogP contribution in [0.2, 0.25) is 0 Å². The van der Waals surface area contributed by atoms with E-state index in [2.05, 4.69) is 0 Å². The standard InChI is InChI=1S/C27H25N2O5/c1-20-6-8-21(9-7-20)16-18-28(31)33-26-14-15-27(25-5-3-2-4-24(25)26)34-29(32)19-17-22-10-12-23(30)13-11-22/h2-15,17,19,30-31H,16,18H2,1H3/q-1/p-1/b19-17+. The minimum Gasteiger partial charge on any atom is -0.872 e. The summed E-state index contributed by atoms with van der Waals surface area (Å²) in [5.41, 5.74) is 2.97. The summed E-state index contributed by atoms with van der Waals surface area (Å²) in [4.78, 5) is 11.1. The Balaban J connectivity index is 1.43. The van der Waals surface area contributed by atoms with E-state index >= 15 is 0 Å². The van der Waals surface area contributed by atoms with Crippen LogP contribution in [0.4, 0.5) is 0 Å². The lowest BCUT2D eigenvalue weighted by Crippen LogP contribution is -2.26. The van der Waals surface area contributed by atoms with Gasteiger partial charge in [-0.05, 0) is 47.9 Å². The lowest BCUT2D eigenvalue weighted by atomic mass is 10.1. The number of aryl methyl sites for hydroxylation is 1. The molecule has 0 spiro atoms. The van der Waals surface area contributed by atoms with Crippen molar-refractivity contribution in [2.45, 2.75) is 13.3 Å². The van der Waals surface area contributed by atoms with Gasteiger partial charge in [-0.15, -0.1) is 5.75 Å². The van der Waals surface area contributed by atoms with E-state index in [1.54, 1.807) is 36.4 Å². The molecule has 1 N–H and O–H groups in total. The average molecular weight is 456 g/mol. The topological polar surface area (TPSA) is 91.3 Å². The molecule has 0 saturated heterocycles. The van der Waals surface area contributed by atoms with Gasteiger partial charge in [-0.25, -0.2) is 0 Å². The van der Waals surface area contributed by atoms with Gasteiger partial charge in [0.1, 0.15) is 0 Å². The van der Waals surface area contributed by atoms with Crippen LogP contribution in [0.1, 0.15) is 16.7 Å². The van der Waals surface area contributed by atoms with E-state index in [1.807, 2.05) is 49.4 Å². The Morgan fingerprint density at radius 3 is 2.09 bits per heavy atom. The molecule has 0 amide bonds. The van der Waals surface area contributed by atoms with Crippen LogP contribution in [0.3, 0.4) is 0 Å². The molecule has 34 heavy (non-hydrogen) atoms. The average Bonchev–Trinajstić information content (AvgIpc) is 2.85. The lowest BCUT2D eigenvalue weighted by Gasteiger charge is -2.26. The third kappa shape index (κ3) is 6.05. The Morgan fingerprint density at radius 1 is 0.824 bits per heavy atom. The van der Waals surface area contributed by atoms with E-state index < -0.39 is 0 Å². The summed E-state index contributed by atoms with van der Waals surface area (Å²) in [6.45, 7) is 2.31. The van der Waals surface area contributed by atoms with Crippen LogP contribution in [-0.4, -0.2) is 22.2 Å². The van der Waals surface area contributed by atoms with Crippen LogP contribution in [0, 0.1) is 12.1 Å². The number of rotatable bonds is 9. The molecule has 174 valence electrons. The zero-order chi connectivity index (χ0) is 23.9. The van der Waals surface area contributed by atoms with Crippen molar-refractivity contribution in [1.29, 1.82) is 0 Å². The Kier molecular flexibility index (Phi) is 7.29. The Hall–Kier alpha value is -4.04. The molecular formula is C27H24N2O5-2. The quantitative estimate of drug-likeness (QED) is 0.346. The van der Waals surface area contributed by atoms with Crippen molar-refractivity contribution in [3.8, 4) is 17.2 Å². The van der Waals surface area contributed by atoms with Gasteiger partial charge in [0.05, 0.1) is 6.54 Å². The van der Waals surface area contributed by atoms with Crippen LogP contribution < -0.4 is 14.8 Å². The van der Waals surface area contributed by atoms with Crippen molar-refractivity contribution in [2.24, 2.45) is 0 Å². The van der Waals surface area contributed by atoms with Crippen molar-refractivity contribution in [1.82, 2.24) is 10.5 Å². The zero-order valence-corrected chi connectivity index (χ0v) is 18.6. The predicted molar refractivity (Wildman–Crippen MR) is 129 cm³/mol. The monoisotopic (exact) mass is 456 g/mol. The molecule has 0 saturated carbocycles. The molecule has 0 radical (unpaired) electrons. The number of hydrogen-bond acceptors (Lipinski definition) is 7. The molecule has 0 bridgehead atoms. The molecule has 0 aliphatic carbocycles. The van der Waals surface area contributed by atoms with Crippen LogP contribution in [0.15, 0.2) is 91.1 Å². The molecule has 7 nitrogen and oxygen atoms in total. The van der Waals surface area contributed by atoms with Crippen molar-refractivity contribution >= 4 is 16.8 Å². The Bertz CT molecular complexity index is 1260. The Morgan fingerprint density at radius 2 is 1.44 bits per heavy atom. The third-order valence-corrected chi connectivity index (χ3v) is 5.22. The summed E-state index contributed by atoms with van der Waals surface area (Å²) in [5.74, 6) is 0.666. The van der Waals surface area contributed by atoms with Crippen molar-refractivity contribution in [3.63, 3.8) is 0 Å². The summed E-state index contributed by atoms with van der Waals surface area (Å²) in [6.07, 6.45) is 3.38. The van der Waals surface area contributed by atoms with Crippen molar-refractivity contribution in [3.05, 3.63) is 113 Å². The maximum atomic E-state index is 12.3. The minimum atomic E-state index is -0.0993. The summed E-state index contributed by atoms with van der Waals surface area (Å²) in [6, 6.07) is 24.7. The normalized spacial score (nSPS) is 11.3. The van der Waals surface area contributed by atoms with E-state index in [0.29, 0.717) is 39.5 Å². The van der Waals surface area contributed by atoms with Crippen LogP contribution >= 0.6 is 0 Å². The van der Waals surface area contributed by atoms with Gasteiger partial charge in [0.2, 0.25) is 0 Å². The van der Waals surface area contributed by atoms with E-state index in [0.717, 1.165) is 10.8 Å². The van der Waals surface area contributed by atoms with Gasteiger partial charge in [-0.3, -0.25) is 10.4 Å². The summed E-state index contributed by atoms with van der Waals surface area (Å²) >= 11 is 0. The van der Waals surface area contributed by atoms with Crippen molar-refractivity contribution in [2.75, 3.05) is 6.54 Å². The number of benzene rings is 4. The second-order valence-corrected chi connectivity index (χ2v) is 7.77. The maximum absolute atomic E-state index is 12.3. The molecular weight excluding hydrogens is 432 g/mol. The van der Waals surface area contributed by atoms with Gasteiger partial charge in [0, 0.05) is 17.0 Å². The van der Waals surface area contributed by atoms with Crippen LogP contribution in [0.25, 0.3) is 16.8 Å². The van der Waals surface area contributed by atoms with Gasteiger partial charge in [-0.1, -0.05) is 78.4 Å². The van der Waals surface area contributed by atoms with E-state index in [4.69, 9.17) is 9.68 Å². The van der Waals surface area contributed by atoms with Gasteiger partial charge >= 0.3 is 0 Å². The summed E-state index contributed by atoms with van der Waals surface area (Å²) in [7, 11) is 0. The number of hydroxylamine groups is 4. The van der Waals surface area contributed by atoms with Gasteiger partial charge < -0.3 is 20.0 Å². The highest BCUT2D eigenvalue weighted by Crippen LogP contribution is 2.34. The molecule has 4 aromatic carbocycles. The molecule has 0 aliphatic heterocycles. The molecule has 4 rings (SSSR count). The highest BCUT2D eigenvalue weighted by molar-refractivity contribution is 5.93.